The van der Waals surface area contributed by atoms with Crippen LogP contribution in [0.3, 0.4) is 0 Å². The van der Waals surface area contributed by atoms with Crippen molar-refractivity contribution in [2.45, 2.75) is 41.5 Å². The first-order chi connectivity index (χ1) is 10.5. The highest BCUT2D eigenvalue weighted by Gasteiger charge is 2.14. The monoisotopic (exact) mass is 324 g/mol. The zero-order valence-corrected chi connectivity index (χ0v) is 15.0. The molecule has 0 aliphatic heterocycles. The van der Waals surface area contributed by atoms with Crippen molar-refractivity contribution in [2.24, 2.45) is 5.41 Å². The van der Waals surface area contributed by atoms with Gasteiger partial charge in [0, 0.05) is 25.0 Å². The second-order valence-electron chi connectivity index (χ2n) is 5.81. The summed E-state index contributed by atoms with van der Waals surface area (Å²) < 4.78 is 0. The average Bonchev–Trinajstić information content (AvgIpc) is 2.47. The van der Waals surface area contributed by atoms with Crippen LogP contribution in [0.25, 0.3) is 0 Å². The molecule has 0 aliphatic rings. The SMILES string of the molecule is CC(=O)C(C)(C)C.CC(=O)NNC(=O)c1ccc(C)cc1.CO. The molecule has 130 valence electrons. The van der Waals surface area contributed by atoms with E-state index in [1.54, 1.807) is 19.1 Å². The molecule has 0 aliphatic carbocycles. The highest BCUT2D eigenvalue weighted by atomic mass is 16.2. The van der Waals surface area contributed by atoms with Crippen LogP contribution in [-0.2, 0) is 9.59 Å². The lowest BCUT2D eigenvalue weighted by Gasteiger charge is -2.11. The maximum absolute atomic E-state index is 11.3. The number of hydrogen-bond donors (Lipinski definition) is 3. The minimum absolute atomic E-state index is 0.139. The van der Waals surface area contributed by atoms with E-state index < -0.39 is 0 Å². The molecule has 0 unspecified atom stereocenters. The van der Waals surface area contributed by atoms with Gasteiger partial charge in [-0.25, -0.2) is 0 Å². The number of hydrogen-bond acceptors (Lipinski definition) is 4. The predicted molar refractivity (Wildman–Crippen MR) is 90.7 cm³/mol. The molecule has 6 heteroatoms. The Bertz CT molecular complexity index is 502. The van der Waals surface area contributed by atoms with E-state index in [1.165, 1.54) is 6.92 Å². The summed E-state index contributed by atoms with van der Waals surface area (Å²) in [6, 6.07) is 7.07. The van der Waals surface area contributed by atoms with E-state index in [0.29, 0.717) is 5.56 Å². The van der Waals surface area contributed by atoms with E-state index in [1.807, 2.05) is 39.8 Å². The van der Waals surface area contributed by atoms with Gasteiger partial charge in [-0.05, 0) is 26.0 Å². The van der Waals surface area contributed by atoms with Crippen LogP contribution < -0.4 is 10.9 Å². The first-order valence-corrected chi connectivity index (χ1v) is 7.13. The van der Waals surface area contributed by atoms with Gasteiger partial charge in [0.2, 0.25) is 5.91 Å². The van der Waals surface area contributed by atoms with Gasteiger partial charge in [0.1, 0.15) is 5.78 Å². The number of nitrogens with one attached hydrogen (secondary N) is 2. The summed E-state index contributed by atoms with van der Waals surface area (Å²) in [5, 5.41) is 7.00. The third kappa shape index (κ3) is 12.1. The summed E-state index contributed by atoms with van der Waals surface area (Å²) in [4.78, 5) is 32.3. The maximum Gasteiger partial charge on any atom is 0.269 e. The van der Waals surface area contributed by atoms with Crippen LogP contribution in [0.2, 0.25) is 0 Å². The Morgan fingerprint density at radius 1 is 0.913 bits per heavy atom. The number of amides is 2. The number of hydrazine groups is 1. The predicted octanol–water partition coefficient (Wildman–Crippen LogP) is 2.01. The van der Waals surface area contributed by atoms with Gasteiger partial charge >= 0.3 is 0 Å². The van der Waals surface area contributed by atoms with E-state index in [4.69, 9.17) is 5.11 Å². The van der Waals surface area contributed by atoms with Crippen LogP contribution in [0.5, 0.6) is 0 Å². The highest BCUT2D eigenvalue weighted by Crippen LogP contribution is 2.12. The Labute approximate surface area is 138 Å². The van der Waals surface area contributed by atoms with Crippen LogP contribution in [0.15, 0.2) is 24.3 Å². The van der Waals surface area contributed by atoms with Crippen molar-refractivity contribution in [3.63, 3.8) is 0 Å². The molecule has 1 aromatic carbocycles. The number of carbonyl (C=O) groups excluding carboxylic acids is 3. The average molecular weight is 324 g/mol. The zero-order valence-electron chi connectivity index (χ0n) is 15.0. The molecular weight excluding hydrogens is 296 g/mol. The summed E-state index contributed by atoms with van der Waals surface area (Å²) in [7, 11) is 1.00. The summed E-state index contributed by atoms with van der Waals surface area (Å²) in [6.07, 6.45) is 0. The van der Waals surface area contributed by atoms with Crippen LogP contribution in [-0.4, -0.2) is 29.8 Å². The fourth-order valence-electron chi connectivity index (χ4n) is 0.922. The first kappa shape index (κ1) is 23.1. The molecule has 0 saturated heterocycles. The maximum atomic E-state index is 11.3. The van der Waals surface area contributed by atoms with Gasteiger partial charge in [0.25, 0.3) is 5.91 Å². The number of rotatable bonds is 1. The van der Waals surface area contributed by atoms with Gasteiger partial charge in [-0.3, -0.25) is 25.2 Å². The summed E-state index contributed by atoms with van der Waals surface area (Å²) in [6.45, 7) is 10.6. The third-order valence-corrected chi connectivity index (χ3v) is 2.72. The number of carbonyl (C=O) groups is 3. The van der Waals surface area contributed by atoms with E-state index in [2.05, 4.69) is 10.9 Å². The van der Waals surface area contributed by atoms with Crippen molar-refractivity contribution < 1.29 is 19.5 Å². The van der Waals surface area contributed by atoms with Crippen LogP contribution in [0.4, 0.5) is 0 Å². The van der Waals surface area contributed by atoms with Gasteiger partial charge in [0.05, 0.1) is 0 Å². The summed E-state index contributed by atoms with van der Waals surface area (Å²) in [5.74, 6) is -0.377. The van der Waals surface area contributed by atoms with Crippen molar-refractivity contribution >= 4 is 17.6 Å². The molecule has 6 nitrogen and oxygen atoms in total. The largest absolute Gasteiger partial charge is 0.400 e. The van der Waals surface area contributed by atoms with Crippen LogP contribution >= 0.6 is 0 Å². The number of Topliss-reactive ketones (excluding diaryl/α,β-unsaturated/α-hetero) is 1. The summed E-state index contributed by atoms with van der Waals surface area (Å²) in [5.41, 5.74) is 5.96. The van der Waals surface area contributed by atoms with Gasteiger partial charge in [-0.2, -0.15) is 0 Å². The Hall–Kier alpha value is -2.21. The van der Waals surface area contributed by atoms with Crippen molar-refractivity contribution in [3.05, 3.63) is 35.4 Å². The molecular formula is C17H28N2O4. The second kappa shape index (κ2) is 11.4. The van der Waals surface area contributed by atoms with Gasteiger partial charge in [0.15, 0.2) is 0 Å². The molecule has 23 heavy (non-hydrogen) atoms. The molecule has 0 atom stereocenters. The Balaban J connectivity index is 0. The quantitative estimate of drug-likeness (QED) is 0.689. The molecule has 0 heterocycles. The van der Waals surface area contributed by atoms with Crippen LogP contribution in [0, 0.1) is 12.3 Å². The van der Waals surface area contributed by atoms with Crippen molar-refractivity contribution in [3.8, 4) is 0 Å². The fraction of sp³-hybridized carbons (Fsp3) is 0.471. The molecule has 1 aromatic rings. The lowest BCUT2D eigenvalue weighted by atomic mass is 9.92. The van der Waals surface area contributed by atoms with Crippen molar-refractivity contribution in [1.82, 2.24) is 10.9 Å². The van der Waals surface area contributed by atoms with Crippen LogP contribution in [0.1, 0.15) is 50.5 Å². The standard InChI is InChI=1S/C10H12N2O2.C6H12O.CH4O/c1-7-3-5-9(6-4-7)10(14)12-11-8(2)13;1-5(7)6(2,3)4;1-2/h3-6H,1-2H3,(H,11,13)(H,12,14);1-4H3;2H,1H3. The van der Waals surface area contributed by atoms with E-state index in [-0.39, 0.29) is 23.0 Å². The minimum atomic E-state index is -0.319. The number of aliphatic hydroxyl groups is 1. The Morgan fingerprint density at radius 2 is 1.30 bits per heavy atom. The lowest BCUT2D eigenvalue weighted by Crippen LogP contribution is -2.40. The van der Waals surface area contributed by atoms with E-state index in [9.17, 15) is 14.4 Å². The fourth-order valence-corrected chi connectivity index (χ4v) is 0.922. The third-order valence-electron chi connectivity index (χ3n) is 2.72. The first-order valence-electron chi connectivity index (χ1n) is 7.13. The smallest absolute Gasteiger partial charge is 0.269 e. The molecule has 0 aromatic heterocycles. The van der Waals surface area contributed by atoms with E-state index >= 15 is 0 Å². The number of aliphatic hydroxyl groups excluding tert-OH is 1. The molecule has 0 fully saturated rings. The second-order valence-corrected chi connectivity index (χ2v) is 5.81. The summed E-state index contributed by atoms with van der Waals surface area (Å²) >= 11 is 0. The highest BCUT2D eigenvalue weighted by molar-refractivity contribution is 5.95. The van der Waals surface area contributed by atoms with Crippen molar-refractivity contribution in [2.75, 3.05) is 7.11 Å². The molecule has 1 rings (SSSR count). The normalized spacial score (nSPS) is 9.39. The number of benzene rings is 1. The molecule has 0 bridgehead atoms. The van der Waals surface area contributed by atoms with Gasteiger partial charge in [-0.1, -0.05) is 38.5 Å². The van der Waals surface area contributed by atoms with Crippen molar-refractivity contribution in [1.29, 1.82) is 0 Å². The minimum Gasteiger partial charge on any atom is -0.400 e. The number of aryl methyl sites for hydroxylation is 1. The van der Waals surface area contributed by atoms with E-state index in [0.717, 1.165) is 12.7 Å². The lowest BCUT2D eigenvalue weighted by molar-refractivity contribution is -0.124. The molecule has 0 saturated carbocycles. The Morgan fingerprint density at radius 3 is 1.61 bits per heavy atom. The molecule has 3 N–H and O–H groups in total. The van der Waals surface area contributed by atoms with Gasteiger partial charge in [-0.15, -0.1) is 0 Å². The Kier molecular flexibility index (Phi) is 11.4. The number of ketones is 1. The molecule has 2 amide bonds. The van der Waals surface area contributed by atoms with Gasteiger partial charge < -0.3 is 5.11 Å². The zero-order chi connectivity index (χ0) is 18.6. The molecule has 0 spiro atoms. The topological polar surface area (TPSA) is 95.5 Å². The molecule has 0 radical (unpaired) electrons.